The molecule has 0 aliphatic heterocycles. The number of rotatable bonds is 0. The SMILES string of the molecule is Brc1ccccc1Br.CO. The molecule has 0 aliphatic carbocycles. The average molecular weight is 268 g/mol. The van der Waals surface area contributed by atoms with Gasteiger partial charge in [0.2, 0.25) is 0 Å². The standard InChI is InChI=1S/C6H4Br2.CH4O/c7-5-3-1-2-4-6(5)8;1-2/h1-4H;2H,1H3. The van der Waals surface area contributed by atoms with Gasteiger partial charge in [-0.1, -0.05) is 12.1 Å². The van der Waals surface area contributed by atoms with Gasteiger partial charge in [0, 0.05) is 16.1 Å². The predicted molar refractivity (Wildman–Crippen MR) is 50.0 cm³/mol. The molecular weight excluding hydrogens is 260 g/mol. The summed E-state index contributed by atoms with van der Waals surface area (Å²) >= 11 is 6.70. The summed E-state index contributed by atoms with van der Waals surface area (Å²) in [5.41, 5.74) is 0. The molecule has 56 valence electrons. The topological polar surface area (TPSA) is 20.2 Å². The van der Waals surface area contributed by atoms with Crippen LogP contribution in [-0.4, -0.2) is 12.2 Å². The number of hydrogen-bond acceptors (Lipinski definition) is 1. The molecule has 0 radical (unpaired) electrons. The number of aliphatic hydroxyl groups is 1. The highest BCUT2D eigenvalue weighted by atomic mass is 79.9. The molecule has 1 nitrogen and oxygen atoms in total. The van der Waals surface area contributed by atoms with Crippen molar-refractivity contribution in [3.8, 4) is 0 Å². The fraction of sp³-hybridized carbons (Fsp3) is 0.143. The largest absolute Gasteiger partial charge is 0.400 e. The summed E-state index contributed by atoms with van der Waals surface area (Å²) in [5, 5.41) is 7.00. The molecular formula is C7H8Br2O. The number of hydrogen-bond donors (Lipinski definition) is 1. The average Bonchev–Trinajstić information content (AvgIpc) is 2.00. The Kier molecular flexibility index (Phi) is 5.97. The summed E-state index contributed by atoms with van der Waals surface area (Å²) in [4.78, 5) is 0. The summed E-state index contributed by atoms with van der Waals surface area (Å²) in [5.74, 6) is 0. The third-order valence-corrected chi connectivity index (χ3v) is 2.74. The van der Waals surface area contributed by atoms with Crippen molar-refractivity contribution in [1.82, 2.24) is 0 Å². The third-order valence-electron chi connectivity index (χ3n) is 0.824. The lowest BCUT2D eigenvalue weighted by atomic mass is 10.4. The van der Waals surface area contributed by atoms with Crippen LogP contribution < -0.4 is 0 Å². The first-order chi connectivity index (χ1) is 4.80. The zero-order valence-electron chi connectivity index (χ0n) is 5.51. The summed E-state index contributed by atoms with van der Waals surface area (Å²) in [7, 11) is 1.00. The minimum atomic E-state index is 1.00. The molecule has 1 rings (SSSR count). The molecule has 10 heavy (non-hydrogen) atoms. The fourth-order valence-electron chi connectivity index (χ4n) is 0.439. The van der Waals surface area contributed by atoms with Crippen LogP contribution in [0, 0.1) is 0 Å². The number of benzene rings is 1. The Labute approximate surface area is 77.3 Å². The van der Waals surface area contributed by atoms with Gasteiger partial charge in [-0.25, -0.2) is 0 Å². The molecule has 0 saturated carbocycles. The Bertz CT molecular complexity index is 168. The Morgan fingerprint density at radius 2 is 1.30 bits per heavy atom. The van der Waals surface area contributed by atoms with Crippen molar-refractivity contribution in [3.05, 3.63) is 33.2 Å². The molecule has 1 N–H and O–H groups in total. The highest BCUT2D eigenvalue weighted by Gasteiger charge is 1.88. The summed E-state index contributed by atoms with van der Waals surface area (Å²) < 4.78 is 2.19. The van der Waals surface area contributed by atoms with Crippen LogP contribution in [0.1, 0.15) is 0 Å². The van der Waals surface area contributed by atoms with E-state index in [9.17, 15) is 0 Å². The van der Waals surface area contributed by atoms with E-state index in [1.54, 1.807) is 0 Å². The van der Waals surface area contributed by atoms with Gasteiger partial charge in [0.15, 0.2) is 0 Å². The number of halogens is 2. The molecule has 0 spiro atoms. The van der Waals surface area contributed by atoms with Gasteiger partial charge >= 0.3 is 0 Å². The first kappa shape index (κ1) is 10.1. The molecule has 3 heteroatoms. The van der Waals surface area contributed by atoms with Crippen molar-refractivity contribution in [2.75, 3.05) is 7.11 Å². The fourth-order valence-corrected chi connectivity index (χ4v) is 1.01. The van der Waals surface area contributed by atoms with Gasteiger partial charge in [0.05, 0.1) is 0 Å². The molecule has 1 aromatic carbocycles. The summed E-state index contributed by atoms with van der Waals surface area (Å²) in [6, 6.07) is 7.94. The van der Waals surface area contributed by atoms with Gasteiger partial charge in [-0.2, -0.15) is 0 Å². The molecule has 0 fully saturated rings. The Morgan fingerprint density at radius 1 is 1.00 bits per heavy atom. The highest BCUT2D eigenvalue weighted by Crippen LogP contribution is 2.20. The molecule has 0 aliphatic rings. The summed E-state index contributed by atoms with van der Waals surface area (Å²) in [6.07, 6.45) is 0. The van der Waals surface area contributed by atoms with E-state index >= 15 is 0 Å². The van der Waals surface area contributed by atoms with E-state index in [4.69, 9.17) is 5.11 Å². The Morgan fingerprint density at radius 3 is 1.50 bits per heavy atom. The zero-order chi connectivity index (χ0) is 7.98. The lowest BCUT2D eigenvalue weighted by Crippen LogP contribution is -1.63. The predicted octanol–water partition coefficient (Wildman–Crippen LogP) is 2.82. The maximum absolute atomic E-state index is 7.00. The van der Waals surface area contributed by atoms with E-state index < -0.39 is 0 Å². The Balaban J connectivity index is 0.000000371. The van der Waals surface area contributed by atoms with E-state index in [-0.39, 0.29) is 0 Å². The molecule has 0 heterocycles. The van der Waals surface area contributed by atoms with E-state index in [0.29, 0.717) is 0 Å². The maximum Gasteiger partial charge on any atom is 0.0319 e. The lowest BCUT2D eigenvalue weighted by Gasteiger charge is -1.89. The molecule has 0 saturated heterocycles. The third kappa shape index (κ3) is 3.34. The van der Waals surface area contributed by atoms with Gasteiger partial charge in [0.25, 0.3) is 0 Å². The first-order valence-electron chi connectivity index (χ1n) is 2.65. The minimum absolute atomic E-state index is 1.00. The van der Waals surface area contributed by atoms with Crippen molar-refractivity contribution < 1.29 is 5.11 Å². The van der Waals surface area contributed by atoms with E-state index in [2.05, 4.69) is 31.9 Å². The van der Waals surface area contributed by atoms with Crippen LogP contribution in [0.2, 0.25) is 0 Å². The molecule has 0 atom stereocenters. The van der Waals surface area contributed by atoms with Crippen LogP contribution in [0.15, 0.2) is 33.2 Å². The second-order valence-electron chi connectivity index (χ2n) is 1.41. The molecule has 0 bridgehead atoms. The van der Waals surface area contributed by atoms with E-state index in [1.165, 1.54) is 0 Å². The van der Waals surface area contributed by atoms with Crippen LogP contribution in [-0.2, 0) is 0 Å². The molecule has 0 unspecified atom stereocenters. The minimum Gasteiger partial charge on any atom is -0.400 e. The highest BCUT2D eigenvalue weighted by molar-refractivity contribution is 9.13. The van der Waals surface area contributed by atoms with Crippen LogP contribution in [0.5, 0.6) is 0 Å². The van der Waals surface area contributed by atoms with Gasteiger partial charge < -0.3 is 5.11 Å². The van der Waals surface area contributed by atoms with E-state index in [1.807, 2.05) is 24.3 Å². The van der Waals surface area contributed by atoms with Crippen LogP contribution >= 0.6 is 31.9 Å². The molecule has 1 aromatic rings. The smallest absolute Gasteiger partial charge is 0.0319 e. The molecule has 0 amide bonds. The van der Waals surface area contributed by atoms with Gasteiger partial charge in [-0.05, 0) is 44.0 Å². The van der Waals surface area contributed by atoms with Crippen LogP contribution in [0.4, 0.5) is 0 Å². The van der Waals surface area contributed by atoms with Crippen molar-refractivity contribution in [2.24, 2.45) is 0 Å². The van der Waals surface area contributed by atoms with Crippen LogP contribution in [0.3, 0.4) is 0 Å². The second kappa shape index (κ2) is 5.89. The number of aliphatic hydroxyl groups excluding tert-OH is 1. The normalized spacial score (nSPS) is 8.00. The van der Waals surface area contributed by atoms with Gasteiger partial charge in [-0.15, -0.1) is 0 Å². The van der Waals surface area contributed by atoms with Crippen molar-refractivity contribution in [1.29, 1.82) is 0 Å². The maximum atomic E-state index is 7.00. The first-order valence-corrected chi connectivity index (χ1v) is 4.24. The Hall–Kier alpha value is 0.140. The van der Waals surface area contributed by atoms with Crippen molar-refractivity contribution >= 4 is 31.9 Å². The van der Waals surface area contributed by atoms with E-state index in [0.717, 1.165) is 16.1 Å². The van der Waals surface area contributed by atoms with Gasteiger partial charge in [-0.3, -0.25) is 0 Å². The van der Waals surface area contributed by atoms with Crippen LogP contribution in [0.25, 0.3) is 0 Å². The second-order valence-corrected chi connectivity index (χ2v) is 3.12. The van der Waals surface area contributed by atoms with Crippen molar-refractivity contribution in [3.63, 3.8) is 0 Å². The monoisotopic (exact) mass is 266 g/mol. The molecule has 0 aromatic heterocycles. The quantitative estimate of drug-likeness (QED) is 0.767. The summed E-state index contributed by atoms with van der Waals surface area (Å²) in [6.45, 7) is 0. The zero-order valence-corrected chi connectivity index (χ0v) is 8.68. The van der Waals surface area contributed by atoms with Crippen molar-refractivity contribution in [2.45, 2.75) is 0 Å². The lowest BCUT2D eigenvalue weighted by molar-refractivity contribution is 0.399. The van der Waals surface area contributed by atoms with Gasteiger partial charge in [0.1, 0.15) is 0 Å².